The molecule has 2 unspecified atom stereocenters. The number of fused-ring (bicyclic) bond motifs is 1. The summed E-state index contributed by atoms with van der Waals surface area (Å²) in [6.45, 7) is 4.28. The highest BCUT2D eigenvalue weighted by atomic mass is 16.3. The highest BCUT2D eigenvalue weighted by Gasteiger charge is 2.28. The maximum atomic E-state index is 9.42. The van der Waals surface area contributed by atoms with Crippen LogP contribution in [-0.2, 0) is 6.54 Å². The number of aliphatic hydroxyl groups excluding tert-OH is 1. The summed E-state index contributed by atoms with van der Waals surface area (Å²) in [5.41, 5.74) is 0.763. The molecule has 1 aliphatic rings. The van der Waals surface area contributed by atoms with Crippen LogP contribution in [-0.4, -0.2) is 47.2 Å². The second-order valence-corrected chi connectivity index (χ2v) is 6.71. The lowest BCUT2D eigenvalue weighted by Gasteiger charge is -2.15. The summed E-state index contributed by atoms with van der Waals surface area (Å²) >= 11 is 0. The molecule has 3 aromatic rings. The SMILES string of the molecule is CC(O)Cn1cc(Nc2nc(NC(C)C3CC3)c3cc[nH]c3n2)nn1. The van der Waals surface area contributed by atoms with Gasteiger partial charge in [0.2, 0.25) is 5.95 Å². The third-order valence-electron chi connectivity index (χ3n) is 4.34. The molecule has 0 aliphatic heterocycles. The summed E-state index contributed by atoms with van der Waals surface area (Å²) in [5, 5.41) is 25.0. The minimum Gasteiger partial charge on any atom is -0.391 e. The maximum absolute atomic E-state index is 9.42. The first-order valence-corrected chi connectivity index (χ1v) is 8.55. The van der Waals surface area contributed by atoms with E-state index in [1.807, 2.05) is 12.3 Å². The molecule has 1 saturated carbocycles. The average Bonchev–Trinajstić information content (AvgIpc) is 3.16. The molecule has 0 saturated heterocycles. The largest absolute Gasteiger partial charge is 0.391 e. The lowest BCUT2D eigenvalue weighted by atomic mass is 10.2. The smallest absolute Gasteiger partial charge is 0.232 e. The molecular weight excluding hydrogens is 320 g/mol. The van der Waals surface area contributed by atoms with E-state index in [4.69, 9.17) is 0 Å². The standard InChI is InChI=1S/C16H22N8O/c1-9(25)7-24-8-13(22-23-24)19-16-20-14-12(5-6-17-14)15(21-16)18-10(2)11-3-4-11/h5-6,8-11,25H,3-4,7H2,1-2H3,(H3,17,18,19,20,21). The number of nitrogens with one attached hydrogen (secondary N) is 3. The number of rotatable bonds is 7. The Bertz CT molecular complexity index is 866. The molecule has 25 heavy (non-hydrogen) atoms. The highest BCUT2D eigenvalue weighted by molar-refractivity contribution is 5.88. The number of hydrogen-bond donors (Lipinski definition) is 4. The molecular formula is C16H22N8O. The van der Waals surface area contributed by atoms with Crippen LogP contribution in [0.15, 0.2) is 18.5 Å². The number of aromatic amines is 1. The predicted octanol–water partition coefficient (Wildman–Crippen LogP) is 1.88. The summed E-state index contributed by atoms with van der Waals surface area (Å²) < 4.78 is 1.58. The van der Waals surface area contributed by atoms with E-state index in [1.54, 1.807) is 17.8 Å². The topological polar surface area (TPSA) is 117 Å². The van der Waals surface area contributed by atoms with E-state index in [-0.39, 0.29) is 0 Å². The van der Waals surface area contributed by atoms with Crippen molar-refractivity contribution in [3.63, 3.8) is 0 Å². The van der Waals surface area contributed by atoms with Gasteiger partial charge in [-0.3, -0.25) is 0 Å². The number of aromatic nitrogens is 6. The van der Waals surface area contributed by atoms with Crippen molar-refractivity contribution < 1.29 is 5.11 Å². The van der Waals surface area contributed by atoms with Crippen LogP contribution < -0.4 is 10.6 Å². The zero-order valence-electron chi connectivity index (χ0n) is 14.3. The molecule has 0 aromatic carbocycles. The van der Waals surface area contributed by atoms with E-state index in [2.05, 4.69) is 42.8 Å². The quantitative estimate of drug-likeness (QED) is 0.518. The van der Waals surface area contributed by atoms with Crippen molar-refractivity contribution in [1.82, 2.24) is 29.9 Å². The monoisotopic (exact) mass is 342 g/mol. The molecule has 132 valence electrons. The highest BCUT2D eigenvalue weighted by Crippen LogP contribution is 2.34. The van der Waals surface area contributed by atoms with Crippen LogP contribution in [0, 0.1) is 5.92 Å². The van der Waals surface area contributed by atoms with E-state index >= 15 is 0 Å². The molecule has 4 N–H and O–H groups in total. The van der Waals surface area contributed by atoms with Crippen molar-refractivity contribution in [3.8, 4) is 0 Å². The molecule has 0 spiro atoms. The summed E-state index contributed by atoms with van der Waals surface area (Å²) in [6, 6.07) is 2.35. The van der Waals surface area contributed by atoms with E-state index < -0.39 is 6.10 Å². The minimum atomic E-state index is -0.485. The Morgan fingerprint density at radius 1 is 1.36 bits per heavy atom. The summed E-state index contributed by atoms with van der Waals surface area (Å²) in [6.07, 6.45) is 5.63. The summed E-state index contributed by atoms with van der Waals surface area (Å²) in [7, 11) is 0. The van der Waals surface area contributed by atoms with Crippen LogP contribution in [0.5, 0.6) is 0 Å². The molecule has 0 bridgehead atoms. The molecule has 9 nitrogen and oxygen atoms in total. The average molecular weight is 342 g/mol. The van der Waals surface area contributed by atoms with Crippen LogP contribution in [0.25, 0.3) is 11.0 Å². The predicted molar refractivity (Wildman–Crippen MR) is 94.7 cm³/mol. The zero-order chi connectivity index (χ0) is 17.4. The van der Waals surface area contributed by atoms with Gasteiger partial charge in [0.15, 0.2) is 5.82 Å². The van der Waals surface area contributed by atoms with Crippen molar-refractivity contribution in [2.75, 3.05) is 10.6 Å². The summed E-state index contributed by atoms with van der Waals surface area (Å²) in [5.74, 6) is 2.52. The molecule has 1 fully saturated rings. The lowest BCUT2D eigenvalue weighted by Crippen LogP contribution is -2.18. The second-order valence-electron chi connectivity index (χ2n) is 6.71. The Labute approximate surface area is 144 Å². The number of anilines is 3. The Morgan fingerprint density at radius 3 is 2.96 bits per heavy atom. The van der Waals surface area contributed by atoms with E-state index in [0.29, 0.717) is 24.4 Å². The molecule has 1 aliphatic carbocycles. The van der Waals surface area contributed by atoms with Gasteiger partial charge in [-0.1, -0.05) is 5.21 Å². The van der Waals surface area contributed by atoms with Gasteiger partial charge >= 0.3 is 0 Å². The first-order chi connectivity index (χ1) is 12.1. The van der Waals surface area contributed by atoms with Gasteiger partial charge in [0, 0.05) is 12.2 Å². The molecule has 3 aromatic heterocycles. The van der Waals surface area contributed by atoms with Gasteiger partial charge in [0.05, 0.1) is 24.2 Å². The van der Waals surface area contributed by atoms with Gasteiger partial charge in [0.1, 0.15) is 11.5 Å². The van der Waals surface area contributed by atoms with Crippen LogP contribution in [0.3, 0.4) is 0 Å². The molecule has 2 atom stereocenters. The third kappa shape index (κ3) is 3.55. The number of nitrogens with zero attached hydrogens (tertiary/aromatic N) is 5. The van der Waals surface area contributed by atoms with E-state index in [1.165, 1.54) is 12.8 Å². The van der Waals surface area contributed by atoms with Crippen LogP contribution in [0.4, 0.5) is 17.6 Å². The third-order valence-corrected chi connectivity index (χ3v) is 4.34. The van der Waals surface area contributed by atoms with Gasteiger partial charge in [-0.15, -0.1) is 5.10 Å². The van der Waals surface area contributed by atoms with Crippen LogP contribution >= 0.6 is 0 Å². The fraction of sp³-hybridized carbons (Fsp3) is 0.500. The zero-order valence-corrected chi connectivity index (χ0v) is 14.3. The normalized spacial score (nSPS) is 16.8. The van der Waals surface area contributed by atoms with Gasteiger partial charge < -0.3 is 20.7 Å². The van der Waals surface area contributed by atoms with Crippen LogP contribution in [0.2, 0.25) is 0 Å². The summed E-state index contributed by atoms with van der Waals surface area (Å²) in [4.78, 5) is 12.2. The van der Waals surface area contributed by atoms with Crippen molar-refractivity contribution >= 4 is 28.6 Å². The first-order valence-electron chi connectivity index (χ1n) is 8.55. The Kier molecular flexibility index (Phi) is 4.00. The van der Waals surface area contributed by atoms with Crippen molar-refractivity contribution in [2.24, 2.45) is 5.92 Å². The lowest BCUT2D eigenvalue weighted by molar-refractivity contribution is 0.167. The van der Waals surface area contributed by atoms with Gasteiger partial charge in [0.25, 0.3) is 0 Å². The Morgan fingerprint density at radius 2 is 2.20 bits per heavy atom. The first kappa shape index (κ1) is 15.8. The molecule has 0 amide bonds. The van der Waals surface area contributed by atoms with E-state index in [0.717, 1.165) is 22.8 Å². The molecule has 9 heteroatoms. The van der Waals surface area contributed by atoms with Crippen molar-refractivity contribution in [2.45, 2.75) is 45.4 Å². The maximum Gasteiger partial charge on any atom is 0.232 e. The van der Waals surface area contributed by atoms with Gasteiger partial charge in [-0.2, -0.15) is 9.97 Å². The van der Waals surface area contributed by atoms with Gasteiger partial charge in [-0.25, -0.2) is 4.68 Å². The molecule has 3 heterocycles. The minimum absolute atomic E-state index is 0.382. The number of H-pyrrole nitrogens is 1. The van der Waals surface area contributed by atoms with E-state index in [9.17, 15) is 5.11 Å². The van der Waals surface area contributed by atoms with Crippen molar-refractivity contribution in [1.29, 1.82) is 0 Å². The Hall–Kier alpha value is -2.68. The molecule has 0 radical (unpaired) electrons. The molecule has 4 rings (SSSR count). The Balaban J connectivity index is 1.57. The fourth-order valence-electron chi connectivity index (χ4n) is 2.87. The van der Waals surface area contributed by atoms with Crippen LogP contribution in [0.1, 0.15) is 26.7 Å². The van der Waals surface area contributed by atoms with Gasteiger partial charge in [-0.05, 0) is 38.7 Å². The number of aliphatic hydroxyl groups is 1. The second kappa shape index (κ2) is 6.32. The fourth-order valence-corrected chi connectivity index (χ4v) is 2.87. The van der Waals surface area contributed by atoms with Crippen molar-refractivity contribution in [3.05, 3.63) is 18.5 Å². The number of hydrogen-bond acceptors (Lipinski definition) is 7.